The van der Waals surface area contributed by atoms with E-state index >= 15 is 0 Å². The van der Waals surface area contributed by atoms with Crippen LogP contribution in [0.1, 0.15) is 35.2 Å². The smallest absolute Gasteiger partial charge is 0.311 e. The molecular weight excluding hydrogens is 234 g/mol. The van der Waals surface area contributed by atoms with Crippen molar-refractivity contribution in [3.05, 3.63) is 23.2 Å². The number of hydrogen-bond donors (Lipinski definition) is 1. The Morgan fingerprint density at radius 2 is 2.11 bits per heavy atom. The van der Waals surface area contributed by atoms with Crippen molar-refractivity contribution in [2.24, 2.45) is 5.41 Å². The summed E-state index contributed by atoms with van der Waals surface area (Å²) in [6, 6.07) is 1.81. The number of carboxylic acid groups (broad SMARTS) is 1. The minimum Gasteiger partial charge on any atom is -0.481 e. The highest BCUT2D eigenvalue weighted by Gasteiger charge is 2.43. The number of rotatable bonds is 2. The summed E-state index contributed by atoms with van der Waals surface area (Å²) in [7, 11) is 0. The Morgan fingerprint density at radius 3 is 2.56 bits per heavy atom. The highest BCUT2D eigenvalue weighted by molar-refractivity contribution is 5.93. The lowest BCUT2D eigenvalue weighted by atomic mass is 9.90. The Kier molecular flexibility index (Phi) is 2.92. The van der Waals surface area contributed by atoms with E-state index in [9.17, 15) is 9.59 Å². The van der Waals surface area contributed by atoms with Gasteiger partial charge in [0.1, 0.15) is 5.76 Å². The van der Waals surface area contributed by atoms with Crippen molar-refractivity contribution < 1.29 is 19.1 Å². The van der Waals surface area contributed by atoms with Crippen molar-refractivity contribution in [2.45, 2.75) is 27.2 Å². The van der Waals surface area contributed by atoms with Gasteiger partial charge < -0.3 is 14.4 Å². The van der Waals surface area contributed by atoms with E-state index in [1.807, 2.05) is 6.92 Å². The Balaban J connectivity index is 2.18. The number of nitrogens with zero attached hydrogens (tertiary/aromatic N) is 1. The van der Waals surface area contributed by atoms with Crippen LogP contribution in [0.15, 0.2) is 10.5 Å². The van der Waals surface area contributed by atoms with Crippen molar-refractivity contribution in [1.29, 1.82) is 0 Å². The van der Waals surface area contributed by atoms with Gasteiger partial charge in [-0.15, -0.1) is 0 Å². The van der Waals surface area contributed by atoms with E-state index in [2.05, 4.69) is 0 Å². The predicted octanol–water partition coefficient (Wildman–Crippen LogP) is 1.83. The van der Waals surface area contributed by atoms with Gasteiger partial charge in [-0.3, -0.25) is 9.59 Å². The minimum atomic E-state index is -0.856. The average Bonchev–Trinajstić information content (AvgIpc) is 2.82. The number of aryl methyl sites for hydroxylation is 2. The standard InChI is InChI=1S/C13H17NO4/c1-8-6-9(2)18-10(8)11(15)14-5-4-13(3,7-14)12(16)17/h6H,4-5,7H2,1-3H3,(H,16,17)/t13-/m1/s1. The fourth-order valence-corrected chi connectivity index (χ4v) is 2.31. The average molecular weight is 251 g/mol. The molecule has 1 amide bonds. The predicted molar refractivity (Wildman–Crippen MR) is 64.4 cm³/mol. The third kappa shape index (κ3) is 2.00. The first-order valence-corrected chi connectivity index (χ1v) is 5.93. The number of amides is 1. The molecule has 1 saturated heterocycles. The van der Waals surface area contributed by atoms with Crippen LogP contribution < -0.4 is 0 Å². The highest BCUT2D eigenvalue weighted by Crippen LogP contribution is 2.31. The van der Waals surface area contributed by atoms with Crippen LogP contribution in [0.2, 0.25) is 0 Å². The monoisotopic (exact) mass is 251 g/mol. The Hall–Kier alpha value is -1.78. The molecule has 98 valence electrons. The number of hydrogen-bond acceptors (Lipinski definition) is 3. The maximum absolute atomic E-state index is 12.2. The van der Waals surface area contributed by atoms with E-state index in [0.717, 1.165) is 5.56 Å². The van der Waals surface area contributed by atoms with E-state index < -0.39 is 11.4 Å². The topological polar surface area (TPSA) is 70.8 Å². The maximum atomic E-state index is 12.2. The molecule has 1 aromatic heterocycles. The second kappa shape index (κ2) is 4.15. The molecule has 0 radical (unpaired) electrons. The number of aliphatic carboxylic acids is 1. The molecule has 0 bridgehead atoms. The molecule has 1 aliphatic heterocycles. The first kappa shape index (κ1) is 12.7. The van der Waals surface area contributed by atoms with Crippen LogP contribution in [0.4, 0.5) is 0 Å². The van der Waals surface area contributed by atoms with Crippen LogP contribution in [0.25, 0.3) is 0 Å². The Labute approximate surface area is 105 Å². The number of carbonyl (C=O) groups excluding carboxylic acids is 1. The van der Waals surface area contributed by atoms with Crippen molar-refractivity contribution >= 4 is 11.9 Å². The van der Waals surface area contributed by atoms with Crippen molar-refractivity contribution in [1.82, 2.24) is 4.90 Å². The molecule has 0 aromatic carbocycles. The molecule has 2 rings (SSSR count). The van der Waals surface area contributed by atoms with Gasteiger partial charge in [-0.2, -0.15) is 0 Å². The summed E-state index contributed by atoms with van der Waals surface area (Å²) in [4.78, 5) is 24.9. The SMILES string of the molecule is Cc1cc(C)c(C(=O)N2CC[C@@](C)(C(=O)O)C2)o1. The van der Waals surface area contributed by atoms with Gasteiger partial charge in [-0.05, 0) is 33.3 Å². The van der Waals surface area contributed by atoms with Gasteiger partial charge in [0, 0.05) is 18.7 Å². The molecule has 0 aliphatic carbocycles. The van der Waals surface area contributed by atoms with Gasteiger partial charge in [0.25, 0.3) is 5.91 Å². The van der Waals surface area contributed by atoms with Gasteiger partial charge in [0.15, 0.2) is 5.76 Å². The maximum Gasteiger partial charge on any atom is 0.311 e. The van der Waals surface area contributed by atoms with Gasteiger partial charge >= 0.3 is 5.97 Å². The quantitative estimate of drug-likeness (QED) is 0.870. The zero-order valence-corrected chi connectivity index (χ0v) is 10.8. The van der Waals surface area contributed by atoms with Crippen molar-refractivity contribution in [2.75, 3.05) is 13.1 Å². The number of carbonyl (C=O) groups is 2. The summed E-state index contributed by atoms with van der Waals surface area (Å²) in [5.74, 6) is -0.0612. The molecule has 2 heterocycles. The lowest BCUT2D eigenvalue weighted by Crippen LogP contribution is -2.34. The second-order valence-corrected chi connectivity index (χ2v) is 5.21. The largest absolute Gasteiger partial charge is 0.481 e. The van der Waals surface area contributed by atoms with Gasteiger partial charge in [0.2, 0.25) is 0 Å². The minimum absolute atomic E-state index is 0.217. The molecule has 1 aliphatic rings. The molecule has 5 nitrogen and oxygen atoms in total. The molecule has 1 fully saturated rings. The van der Waals surface area contributed by atoms with E-state index in [0.29, 0.717) is 24.5 Å². The number of furan rings is 1. The number of carboxylic acids is 1. The molecule has 18 heavy (non-hydrogen) atoms. The van der Waals surface area contributed by atoms with Crippen molar-refractivity contribution in [3.63, 3.8) is 0 Å². The van der Waals surface area contributed by atoms with Crippen LogP contribution in [0.3, 0.4) is 0 Å². The van der Waals surface area contributed by atoms with Crippen LogP contribution in [0.5, 0.6) is 0 Å². The summed E-state index contributed by atoms with van der Waals surface area (Å²) in [5.41, 5.74) is -0.0491. The molecule has 1 atom stereocenters. The number of likely N-dealkylation sites (tertiary alicyclic amines) is 1. The van der Waals surface area contributed by atoms with E-state index in [1.54, 1.807) is 24.8 Å². The molecule has 0 unspecified atom stereocenters. The summed E-state index contributed by atoms with van der Waals surface area (Å²) in [6.45, 7) is 5.97. The summed E-state index contributed by atoms with van der Waals surface area (Å²) in [6.07, 6.45) is 0.479. The zero-order valence-electron chi connectivity index (χ0n) is 10.8. The molecule has 5 heteroatoms. The van der Waals surface area contributed by atoms with E-state index in [-0.39, 0.29) is 12.5 Å². The normalized spacial score (nSPS) is 23.4. The summed E-state index contributed by atoms with van der Waals surface area (Å²) < 4.78 is 5.38. The molecule has 1 aromatic rings. The summed E-state index contributed by atoms with van der Waals surface area (Å²) in [5, 5.41) is 9.14. The third-order valence-corrected chi connectivity index (χ3v) is 3.51. The van der Waals surface area contributed by atoms with Gasteiger partial charge in [-0.1, -0.05) is 0 Å². The third-order valence-electron chi connectivity index (χ3n) is 3.51. The van der Waals surface area contributed by atoms with Crippen LogP contribution >= 0.6 is 0 Å². The first-order chi connectivity index (χ1) is 8.33. The van der Waals surface area contributed by atoms with Crippen LogP contribution in [0, 0.1) is 19.3 Å². The fourth-order valence-electron chi connectivity index (χ4n) is 2.31. The first-order valence-electron chi connectivity index (χ1n) is 5.93. The van der Waals surface area contributed by atoms with Crippen molar-refractivity contribution in [3.8, 4) is 0 Å². The second-order valence-electron chi connectivity index (χ2n) is 5.21. The Bertz CT molecular complexity index is 505. The Morgan fingerprint density at radius 1 is 1.44 bits per heavy atom. The fraction of sp³-hybridized carbons (Fsp3) is 0.538. The highest BCUT2D eigenvalue weighted by atomic mass is 16.4. The van der Waals surface area contributed by atoms with Gasteiger partial charge in [-0.25, -0.2) is 0 Å². The van der Waals surface area contributed by atoms with E-state index in [4.69, 9.17) is 9.52 Å². The molecular formula is C13H17NO4. The molecule has 1 N–H and O–H groups in total. The molecule has 0 spiro atoms. The van der Waals surface area contributed by atoms with Crippen LogP contribution in [-0.2, 0) is 4.79 Å². The molecule has 0 saturated carbocycles. The summed E-state index contributed by atoms with van der Waals surface area (Å²) >= 11 is 0. The van der Waals surface area contributed by atoms with E-state index in [1.165, 1.54) is 0 Å². The van der Waals surface area contributed by atoms with Gasteiger partial charge in [0.05, 0.1) is 5.41 Å². The zero-order chi connectivity index (χ0) is 13.5. The lowest BCUT2D eigenvalue weighted by molar-refractivity contribution is -0.147. The lowest BCUT2D eigenvalue weighted by Gasteiger charge is -2.19. The van der Waals surface area contributed by atoms with Crippen LogP contribution in [-0.4, -0.2) is 35.0 Å².